The van der Waals surface area contributed by atoms with E-state index in [1.165, 1.54) is 24.1 Å². The van der Waals surface area contributed by atoms with Crippen molar-refractivity contribution in [1.82, 2.24) is 15.2 Å². The average molecular weight is 467 g/mol. The lowest BCUT2D eigenvalue weighted by Gasteiger charge is -2.49. The van der Waals surface area contributed by atoms with Gasteiger partial charge in [-0.3, -0.25) is 14.5 Å². The van der Waals surface area contributed by atoms with Crippen LogP contribution in [0.4, 0.5) is 5.13 Å². The zero-order chi connectivity index (χ0) is 22.9. The van der Waals surface area contributed by atoms with Gasteiger partial charge in [0.05, 0.1) is 0 Å². The number of hydrogen-bond acceptors (Lipinski definition) is 11. The first-order chi connectivity index (χ1) is 14.6. The molecule has 1 aromatic rings. The Morgan fingerprint density at radius 3 is 2.74 bits per heavy atom. The van der Waals surface area contributed by atoms with Crippen molar-refractivity contribution in [2.75, 3.05) is 18.1 Å². The van der Waals surface area contributed by atoms with Gasteiger partial charge in [0.1, 0.15) is 29.4 Å². The Bertz CT molecular complexity index is 1050. The van der Waals surface area contributed by atoms with Crippen molar-refractivity contribution in [3.05, 3.63) is 34.5 Å². The fourth-order valence-electron chi connectivity index (χ4n) is 2.89. The largest absolute Gasteiger partial charge is 0.477 e. The van der Waals surface area contributed by atoms with Crippen molar-refractivity contribution >= 4 is 57.7 Å². The van der Waals surface area contributed by atoms with Crippen molar-refractivity contribution in [2.24, 2.45) is 5.16 Å². The summed E-state index contributed by atoms with van der Waals surface area (Å²) >= 11 is 2.23. The standard InChI is InChI=1S/C17H17N5O7S2/c1-6(2)16(27)29-3-7-4-30-14-10(13(24)22(14)11(7)15(25)26)20-12(23)9(21-28)8-5-31-17(18)19-8/h5,10,14,28H,1,3-4H2,2H3,(H2,18,19)(H,20,23)(H,25,26)/b21-9+/t10-,14-/m1/s1. The molecule has 5 N–H and O–H groups in total. The van der Waals surface area contributed by atoms with Crippen molar-refractivity contribution < 1.29 is 34.2 Å². The molecule has 0 spiro atoms. The Morgan fingerprint density at radius 1 is 1.48 bits per heavy atom. The molecule has 164 valence electrons. The fraction of sp³-hybridized carbons (Fsp3) is 0.294. The lowest BCUT2D eigenvalue weighted by atomic mass is 10.0. The molecule has 0 unspecified atom stereocenters. The number of β-lactam (4-membered cyclic amide) rings is 1. The third kappa shape index (κ3) is 4.25. The van der Waals surface area contributed by atoms with E-state index in [-0.39, 0.29) is 40.0 Å². The maximum Gasteiger partial charge on any atom is 0.352 e. The van der Waals surface area contributed by atoms with Gasteiger partial charge >= 0.3 is 11.9 Å². The van der Waals surface area contributed by atoms with Gasteiger partial charge in [-0.15, -0.1) is 23.1 Å². The number of rotatable bonds is 7. The van der Waals surface area contributed by atoms with Crippen molar-refractivity contribution in [3.63, 3.8) is 0 Å². The highest BCUT2D eigenvalue weighted by Gasteiger charge is 2.54. The molecular weight excluding hydrogens is 450 g/mol. The van der Waals surface area contributed by atoms with Gasteiger partial charge in [0.15, 0.2) is 10.8 Å². The van der Waals surface area contributed by atoms with E-state index >= 15 is 0 Å². The summed E-state index contributed by atoms with van der Waals surface area (Å²) < 4.78 is 5.01. The quantitative estimate of drug-likeness (QED) is 0.104. The van der Waals surface area contributed by atoms with Crippen LogP contribution in [0.5, 0.6) is 0 Å². The lowest BCUT2D eigenvalue weighted by Crippen LogP contribution is -2.71. The van der Waals surface area contributed by atoms with Crippen LogP contribution >= 0.6 is 23.1 Å². The van der Waals surface area contributed by atoms with Gasteiger partial charge in [-0.25, -0.2) is 14.6 Å². The minimum atomic E-state index is -1.36. The molecule has 3 heterocycles. The van der Waals surface area contributed by atoms with Gasteiger partial charge in [-0.2, -0.15) is 0 Å². The molecule has 3 rings (SSSR count). The van der Waals surface area contributed by atoms with Crippen molar-refractivity contribution in [2.45, 2.75) is 18.3 Å². The van der Waals surface area contributed by atoms with Gasteiger partial charge in [-0.1, -0.05) is 11.7 Å². The van der Waals surface area contributed by atoms with E-state index in [4.69, 9.17) is 10.5 Å². The van der Waals surface area contributed by atoms with Crippen LogP contribution in [-0.4, -0.2) is 73.4 Å². The SMILES string of the molecule is C=C(C)C(=O)OCC1=C(C(=O)O)N2C(=O)[C@@H](NC(=O)/C(=N/O)c3csc(N)n3)[C@H]2SC1. The Kier molecular flexibility index (Phi) is 6.31. The van der Waals surface area contributed by atoms with Crippen molar-refractivity contribution in [3.8, 4) is 0 Å². The van der Waals surface area contributed by atoms with E-state index in [0.717, 1.165) is 16.2 Å². The van der Waals surface area contributed by atoms with E-state index in [9.17, 15) is 29.5 Å². The first-order valence-electron chi connectivity index (χ1n) is 8.62. The smallest absolute Gasteiger partial charge is 0.352 e. The summed E-state index contributed by atoms with van der Waals surface area (Å²) in [7, 11) is 0. The molecule has 0 aromatic carbocycles. The second-order valence-corrected chi connectivity index (χ2v) is 8.49. The Hall–Kier alpha value is -3.39. The van der Waals surface area contributed by atoms with Crippen LogP contribution in [0.15, 0.2) is 34.0 Å². The number of carboxylic acid groups (broad SMARTS) is 1. The molecule has 2 amide bonds. The van der Waals surface area contributed by atoms with Gasteiger partial charge < -0.3 is 26.1 Å². The Morgan fingerprint density at radius 2 is 2.19 bits per heavy atom. The van der Waals surface area contributed by atoms with Crippen LogP contribution in [0.25, 0.3) is 0 Å². The van der Waals surface area contributed by atoms with Gasteiger partial charge in [-0.05, 0) is 6.92 Å². The number of esters is 1. The second-order valence-electron chi connectivity index (χ2n) is 6.49. The number of aliphatic carboxylic acids is 1. The molecule has 2 aliphatic heterocycles. The average Bonchev–Trinajstić information content (AvgIpc) is 3.15. The van der Waals surface area contributed by atoms with Crippen LogP contribution in [0, 0.1) is 0 Å². The number of carboxylic acids is 1. The molecule has 0 saturated carbocycles. The number of amides is 2. The predicted octanol–water partition coefficient (Wildman–Crippen LogP) is -0.238. The maximum atomic E-state index is 12.6. The predicted molar refractivity (Wildman–Crippen MR) is 110 cm³/mol. The number of thiazole rings is 1. The number of nitrogen functional groups attached to an aromatic ring is 1. The lowest BCUT2D eigenvalue weighted by molar-refractivity contribution is -0.150. The summed E-state index contributed by atoms with van der Waals surface area (Å²) in [4.78, 5) is 53.4. The number of thioether (sulfide) groups is 1. The minimum Gasteiger partial charge on any atom is -0.477 e. The summed E-state index contributed by atoms with van der Waals surface area (Å²) in [6.45, 7) is 4.60. The number of hydrogen-bond donors (Lipinski definition) is 4. The summed E-state index contributed by atoms with van der Waals surface area (Å²) in [6, 6.07) is -1.04. The summed E-state index contributed by atoms with van der Waals surface area (Å²) in [5.41, 5.74) is 5.23. The molecule has 2 atom stereocenters. The molecule has 2 aliphatic rings. The second kappa shape index (κ2) is 8.77. The highest BCUT2D eigenvalue weighted by atomic mass is 32.2. The molecule has 0 radical (unpaired) electrons. The fourth-order valence-corrected chi connectivity index (χ4v) is 4.76. The zero-order valence-electron chi connectivity index (χ0n) is 16.0. The molecule has 1 saturated heterocycles. The number of anilines is 1. The van der Waals surface area contributed by atoms with E-state index in [2.05, 4.69) is 22.0 Å². The van der Waals surface area contributed by atoms with Crippen LogP contribution in [-0.2, 0) is 23.9 Å². The molecule has 0 aliphatic carbocycles. The molecule has 0 bridgehead atoms. The highest BCUT2D eigenvalue weighted by Crippen LogP contribution is 2.40. The minimum absolute atomic E-state index is 0.0372. The van der Waals surface area contributed by atoms with Gasteiger partial charge in [0.2, 0.25) is 0 Å². The number of aromatic nitrogens is 1. The Labute approximate surface area is 183 Å². The monoisotopic (exact) mass is 467 g/mol. The molecule has 14 heteroatoms. The maximum absolute atomic E-state index is 12.6. The number of nitrogens with two attached hydrogens (primary N) is 1. The zero-order valence-corrected chi connectivity index (χ0v) is 17.7. The number of nitrogens with zero attached hydrogens (tertiary/aromatic N) is 3. The number of carbonyl (C=O) groups is 4. The normalized spacial score (nSPS) is 20.6. The highest BCUT2D eigenvalue weighted by molar-refractivity contribution is 8.00. The van der Waals surface area contributed by atoms with Gasteiger partial charge in [0, 0.05) is 22.3 Å². The summed E-state index contributed by atoms with van der Waals surface area (Å²) in [6.07, 6.45) is 0. The van der Waals surface area contributed by atoms with Crippen LogP contribution < -0.4 is 11.1 Å². The number of oxime groups is 1. The topological polar surface area (TPSA) is 185 Å². The first kappa shape index (κ1) is 22.3. The number of ether oxygens (including phenoxy) is 1. The third-order valence-corrected chi connectivity index (χ3v) is 6.36. The summed E-state index contributed by atoms with van der Waals surface area (Å²) in [5, 5.41) is 25.0. The van der Waals surface area contributed by atoms with E-state index in [1.54, 1.807) is 0 Å². The Balaban J connectivity index is 1.74. The molecular formula is C17H17N5O7S2. The number of nitrogens with one attached hydrogen (secondary N) is 1. The van der Waals surface area contributed by atoms with Crippen LogP contribution in [0.1, 0.15) is 12.6 Å². The molecule has 1 aromatic heterocycles. The van der Waals surface area contributed by atoms with E-state index < -0.39 is 40.9 Å². The molecule has 12 nitrogen and oxygen atoms in total. The van der Waals surface area contributed by atoms with Crippen molar-refractivity contribution in [1.29, 1.82) is 0 Å². The molecule has 1 fully saturated rings. The summed E-state index contributed by atoms with van der Waals surface area (Å²) in [5.74, 6) is -3.41. The van der Waals surface area contributed by atoms with E-state index in [1.807, 2.05) is 0 Å². The van der Waals surface area contributed by atoms with Crippen LogP contribution in [0.2, 0.25) is 0 Å². The number of fused-ring (bicyclic) bond motifs is 1. The van der Waals surface area contributed by atoms with Crippen LogP contribution in [0.3, 0.4) is 0 Å². The third-order valence-electron chi connectivity index (χ3n) is 4.34. The number of carbonyl (C=O) groups excluding carboxylic acids is 3. The van der Waals surface area contributed by atoms with Gasteiger partial charge in [0.25, 0.3) is 11.8 Å². The molecule has 31 heavy (non-hydrogen) atoms. The van der Waals surface area contributed by atoms with E-state index in [0.29, 0.717) is 0 Å². The first-order valence-corrected chi connectivity index (χ1v) is 10.6.